The number of ether oxygens (including phenoxy) is 1. The predicted molar refractivity (Wildman–Crippen MR) is 113 cm³/mol. The van der Waals surface area contributed by atoms with Crippen LogP contribution >= 0.6 is 0 Å². The van der Waals surface area contributed by atoms with Crippen LogP contribution in [-0.4, -0.2) is 87.1 Å². The zero-order chi connectivity index (χ0) is 21.3. The fourth-order valence-electron chi connectivity index (χ4n) is 3.89. The Labute approximate surface area is 177 Å². The van der Waals surface area contributed by atoms with Gasteiger partial charge in [0.05, 0.1) is 19.5 Å². The molecule has 0 bridgehead atoms. The highest BCUT2D eigenvalue weighted by atomic mass is 16.5. The van der Waals surface area contributed by atoms with Crippen molar-refractivity contribution >= 4 is 17.8 Å². The molecule has 2 fully saturated rings. The lowest BCUT2D eigenvalue weighted by Crippen LogP contribution is -2.50. The molecule has 0 spiro atoms. The van der Waals surface area contributed by atoms with Crippen molar-refractivity contribution in [2.75, 3.05) is 59.5 Å². The third kappa shape index (κ3) is 5.75. The number of hydrogen-bond donors (Lipinski definition) is 2. The minimum absolute atomic E-state index is 0.0951. The van der Waals surface area contributed by atoms with Gasteiger partial charge in [0.1, 0.15) is 0 Å². The molecule has 1 aromatic heterocycles. The molecule has 3 rings (SSSR count). The number of morpholine rings is 1. The first-order valence-corrected chi connectivity index (χ1v) is 10.7. The van der Waals surface area contributed by atoms with Gasteiger partial charge in [0, 0.05) is 57.8 Å². The van der Waals surface area contributed by atoms with E-state index in [2.05, 4.69) is 20.5 Å². The fourth-order valence-corrected chi connectivity index (χ4v) is 3.89. The van der Waals surface area contributed by atoms with E-state index in [1.54, 1.807) is 13.1 Å². The monoisotopic (exact) mass is 419 g/mol. The largest absolute Gasteiger partial charge is 0.459 e. The van der Waals surface area contributed by atoms with E-state index in [0.717, 1.165) is 43.9 Å². The molecule has 0 radical (unpaired) electrons. The van der Waals surface area contributed by atoms with Gasteiger partial charge in [-0.1, -0.05) is 0 Å². The number of amides is 2. The maximum atomic E-state index is 12.7. The Hall–Kier alpha value is -2.55. The first-order valence-electron chi connectivity index (χ1n) is 10.7. The van der Waals surface area contributed by atoms with E-state index in [0.29, 0.717) is 45.2 Å². The minimum Gasteiger partial charge on any atom is -0.459 e. The first-order chi connectivity index (χ1) is 14.6. The van der Waals surface area contributed by atoms with Crippen molar-refractivity contribution in [1.82, 2.24) is 20.4 Å². The van der Waals surface area contributed by atoms with Crippen LogP contribution in [0.15, 0.2) is 21.7 Å². The number of guanidine groups is 1. The average molecular weight is 420 g/mol. The van der Waals surface area contributed by atoms with Crippen molar-refractivity contribution in [3.05, 3.63) is 23.7 Å². The quantitative estimate of drug-likeness (QED) is 0.403. The summed E-state index contributed by atoms with van der Waals surface area (Å²) in [5.74, 6) is 1.39. The molecule has 2 saturated heterocycles. The summed E-state index contributed by atoms with van der Waals surface area (Å²) in [6.07, 6.45) is 3.98. The number of carbonyl (C=O) groups is 2. The number of carbonyl (C=O) groups excluding carboxylic acids is 2. The molecule has 2 amide bonds. The van der Waals surface area contributed by atoms with Crippen molar-refractivity contribution in [1.29, 1.82) is 0 Å². The smallest absolute Gasteiger partial charge is 0.287 e. The number of furan rings is 1. The summed E-state index contributed by atoms with van der Waals surface area (Å²) >= 11 is 0. The van der Waals surface area contributed by atoms with Gasteiger partial charge in [0.25, 0.3) is 5.91 Å². The normalized spacial score (nSPS) is 18.4. The first kappa shape index (κ1) is 22.1. The van der Waals surface area contributed by atoms with Crippen LogP contribution in [0.1, 0.15) is 35.4 Å². The molecule has 0 aromatic carbocycles. The van der Waals surface area contributed by atoms with Crippen LogP contribution in [0.25, 0.3) is 0 Å². The lowest BCUT2D eigenvalue weighted by molar-refractivity contribution is -0.140. The predicted octanol–water partition coefficient (Wildman–Crippen LogP) is 0.854. The number of aryl methyl sites for hydroxylation is 1. The van der Waals surface area contributed by atoms with E-state index in [9.17, 15) is 9.59 Å². The molecule has 2 aliphatic rings. The SMILES string of the molecule is CN=C(NCCCNC(=O)c1occc1C)N1CCC(C(=O)N2CCOCC2)CC1. The molecule has 0 saturated carbocycles. The summed E-state index contributed by atoms with van der Waals surface area (Å²) in [5.41, 5.74) is 0.835. The van der Waals surface area contributed by atoms with Crippen LogP contribution in [0.4, 0.5) is 0 Å². The Kier molecular flexibility index (Phi) is 8.12. The summed E-state index contributed by atoms with van der Waals surface area (Å²) in [5, 5.41) is 6.23. The number of nitrogens with zero attached hydrogens (tertiary/aromatic N) is 3. The van der Waals surface area contributed by atoms with E-state index in [1.807, 2.05) is 11.8 Å². The molecule has 1 aromatic rings. The Bertz CT molecular complexity index is 734. The van der Waals surface area contributed by atoms with E-state index < -0.39 is 0 Å². The van der Waals surface area contributed by atoms with E-state index >= 15 is 0 Å². The summed E-state index contributed by atoms with van der Waals surface area (Å²) in [7, 11) is 1.77. The van der Waals surface area contributed by atoms with Gasteiger partial charge < -0.3 is 29.6 Å². The summed E-state index contributed by atoms with van der Waals surface area (Å²) in [6, 6.07) is 1.78. The van der Waals surface area contributed by atoms with Crippen molar-refractivity contribution in [2.45, 2.75) is 26.2 Å². The molecule has 9 heteroatoms. The standard InChI is InChI=1S/C21H33N5O4/c1-16-6-13-30-18(16)19(27)23-7-3-8-24-21(22-2)26-9-4-17(5-10-26)20(28)25-11-14-29-15-12-25/h6,13,17H,3-5,7-12,14-15H2,1-2H3,(H,22,24)(H,23,27). The Morgan fingerprint density at radius 1 is 1.10 bits per heavy atom. The average Bonchev–Trinajstić information content (AvgIpc) is 3.22. The maximum absolute atomic E-state index is 12.7. The van der Waals surface area contributed by atoms with Gasteiger partial charge in [-0.25, -0.2) is 0 Å². The van der Waals surface area contributed by atoms with Crippen molar-refractivity contribution < 1.29 is 18.7 Å². The van der Waals surface area contributed by atoms with Crippen LogP contribution in [0, 0.1) is 12.8 Å². The molecule has 166 valence electrons. The summed E-state index contributed by atoms with van der Waals surface area (Å²) in [6.45, 7) is 7.43. The summed E-state index contributed by atoms with van der Waals surface area (Å²) < 4.78 is 10.5. The van der Waals surface area contributed by atoms with Crippen molar-refractivity contribution in [2.24, 2.45) is 10.9 Å². The molecular formula is C21H33N5O4. The van der Waals surface area contributed by atoms with Gasteiger partial charge in [-0.2, -0.15) is 0 Å². The van der Waals surface area contributed by atoms with E-state index in [1.165, 1.54) is 6.26 Å². The highest BCUT2D eigenvalue weighted by Crippen LogP contribution is 2.20. The second-order valence-electron chi connectivity index (χ2n) is 7.72. The molecule has 30 heavy (non-hydrogen) atoms. The molecular weight excluding hydrogens is 386 g/mol. The number of likely N-dealkylation sites (tertiary alicyclic amines) is 1. The number of rotatable bonds is 6. The lowest BCUT2D eigenvalue weighted by atomic mass is 9.95. The van der Waals surface area contributed by atoms with E-state index in [-0.39, 0.29) is 17.7 Å². The van der Waals surface area contributed by atoms with Crippen LogP contribution < -0.4 is 10.6 Å². The van der Waals surface area contributed by atoms with Gasteiger partial charge in [-0.05, 0) is 32.3 Å². The zero-order valence-electron chi connectivity index (χ0n) is 18.0. The Morgan fingerprint density at radius 3 is 2.43 bits per heavy atom. The third-order valence-electron chi connectivity index (χ3n) is 5.67. The van der Waals surface area contributed by atoms with Crippen molar-refractivity contribution in [3.8, 4) is 0 Å². The van der Waals surface area contributed by atoms with Crippen LogP contribution in [0.3, 0.4) is 0 Å². The Morgan fingerprint density at radius 2 is 1.80 bits per heavy atom. The molecule has 0 atom stereocenters. The van der Waals surface area contributed by atoms with Gasteiger partial charge in [-0.3, -0.25) is 14.6 Å². The molecule has 2 aliphatic heterocycles. The molecule has 9 nitrogen and oxygen atoms in total. The molecule has 0 unspecified atom stereocenters. The number of aliphatic imine (C=N–C) groups is 1. The number of nitrogens with one attached hydrogen (secondary N) is 2. The second-order valence-corrected chi connectivity index (χ2v) is 7.72. The van der Waals surface area contributed by atoms with E-state index in [4.69, 9.17) is 9.15 Å². The number of hydrogen-bond acceptors (Lipinski definition) is 5. The maximum Gasteiger partial charge on any atom is 0.287 e. The third-order valence-corrected chi connectivity index (χ3v) is 5.67. The summed E-state index contributed by atoms with van der Waals surface area (Å²) in [4.78, 5) is 33.2. The van der Waals surface area contributed by atoms with Crippen LogP contribution in [0.2, 0.25) is 0 Å². The molecule has 0 aliphatic carbocycles. The van der Waals surface area contributed by atoms with Crippen LogP contribution in [0.5, 0.6) is 0 Å². The lowest BCUT2D eigenvalue weighted by Gasteiger charge is -2.36. The highest BCUT2D eigenvalue weighted by molar-refractivity contribution is 5.92. The van der Waals surface area contributed by atoms with Gasteiger partial charge in [0.2, 0.25) is 5.91 Å². The van der Waals surface area contributed by atoms with Crippen molar-refractivity contribution in [3.63, 3.8) is 0 Å². The van der Waals surface area contributed by atoms with Crippen LogP contribution in [-0.2, 0) is 9.53 Å². The Balaban J connectivity index is 1.34. The van der Waals surface area contributed by atoms with Gasteiger partial charge in [0.15, 0.2) is 11.7 Å². The molecule has 2 N–H and O–H groups in total. The molecule has 3 heterocycles. The second kappa shape index (κ2) is 11.0. The zero-order valence-corrected chi connectivity index (χ0v) is 18.0. The number of piperidine rings is 1. The fraction of sp³-hybridized carbons (Fsp3) is 0.667. The van der Waals surface area contributed by atoms with Gasteiger partial charge >= 0.3 is 0 Å². The minimum atomic E-state index is -0.186. The van der Waals surface area contributed by atoms with Gasteiger partial charge in [-0.15, -0.1) is 0 Å². The highest BCUT2D eigenvalue weighted by Gasteiger charge is 2.30. The topological polar surface area (TPSA) is 99.4 Å².